The van der Waals surface area contributed by atoms with Crippen LogP contribution in [0.4, 0.5) is 0 Å². The predicted octanol–water partition coefficient (Wildman–Crippen LogP) is 1.60. The second-order valence-electron chi connectivity index (χ2n) is 3.52. The molecule has 76 valence electrons. The number of ether oxygens (including phenoxy) is 1. The molecule has 0 aliphatic rings. The molecule has 0 aliphatic heterocycles. The first-order chi connectivity index (χ1) is 5.90. The SMILES string of the molecule is CO/N=C(\C)C(C)(C)COC(C)=O. The van der Waals surface area contributed by atoms with E-state index in [1.165, 1.54) is 14.0 Å². The average molecular weight is 187 g/mol. The van der Waals surface area contributed by atoms with Gasteiger partial charge in [-0.05, 0) is 6.92 Å². The molecule has 0 aromatic heterocycles. The third-order valence-electron chi connectivity index (χ3n) is 1.84. The number of esters is 1. The molecular formula is C9H17NO3. The lowest BCUT2D eigenvalue weighted by molar-refractivity contribution is -0.142. The zero-order chi connectivity index (χ0) is 10.5. The minimum atomic E-state index is -0.279. The van der Waals surface area contributed by atoms with Crippen LogP contribution in [0.3, 0.4) is 0 Å². The van der Waals surface area contributed by atoms with E-state index in [4.69, 9.17) is 4.74 Å². The Balaban J connectivity index is 4.21. The van der Waals surface area contributed by atoms with E-state index in [1.807, 2.05) is 20.8 Å². The number of nitrogens with zero attached hydrogens (tertiary/aromatic N) is 1. The minimum Gasteiger partial charge on any atom is -0.465 e. The molecule has 0 heterocycles. The Labute approximate surface area is 78.9 Å². The van der Waals surface area contributed by atoms with Crippen LogP contribution in [0.5, 0.6) is 0 Å². The maximum absolute atomic E-state index is 10.6. The molecule has 0 N–H and O–H groups in total. The number of carbonyl (C=O) groups is 1. The fourth-order valence-corrected chi connectivity index (χ4v) is 0.647. The molecule has 0 atom stereocenters. The van der Waals surface area contributed by atoms with E-state index in [1.54, 1.807) is 0 Å². The maximum atomic E-state index is 10.6. The Morgan fingerprint density at radius 1 is 1.38 bits per heavy atom. The zero-order valence-corrected chi connectivity index (χ0v) is 8.88. The Kier molecular flexibility index (Phi) is 4.45. The van der Waals surface area contributed by atoms with Gasteiger partial charge in [0.25, 0.3) is 0 Å². The summed E-state index contributed by atoms with van der Waals surface area (Å²) >= 11 is 0. The molecule has 0 radical (unpaired) electrons. The van der Waals surface area contributed by atoms with Gasteiger partial charge in [0.1, 0.15) is 13.7 Å². The van der Waals surface area contributed by atoms with Gasteiger partial charge in [-0.3, -0.25) is 4.79 Å². The summed E-state index contributed by atoms with van der Waals surface area (Å²) in [7, 11) is 1.49. The lowest BCUT2D eigenvalue weighted by Crippen LogP contribution is -2.28. The molecule has 0 aliphatic carbocycles. The maximum Gasteiger partial charge on any atom is 0.302 e. The van der Waals surface area contributed by atoms with Gasteiger partial charge in [-0.25, -0.2) is 0 Å². The van der Waals surface area contributed by atoms with Crippen LogP contribution in [-0.4, -0.2) is 25.4 Å². The fourth-order valence-electron chi connectivity index (χ4n) is 0.647. The molecule has 0 unspecified atom stereocenters. The van der Waals surface area contributed by atoms with E-state index in [0.29, 0.717) is 6.61 Å². The summed E-state index contributed by atoms with van der Waals surface area (Å²) in [5.41, 5.74) is 0.526. The number of carbonyl (C=O) groups excluding carboxylic acids is 1. The molecule has 4 heteroatoms. The van der Waals surface area contributed by atoms with Crippen LogP contribution in [0, 0.1) is 5.41 Å². The van der Waals surface area contributed by atoms with Crippen molar-refractivity contribution in [3.8, 4) is 0 Å². The molecule has 4 nitrogen and oxygen atoms in total. The highest BCUT2D eigenvalue weighted by Gasteiger charge is 2.23. The average Bonchev–Trinajstić information content (AvgIpc) is 2.01. The van der Waals surface area contributed by atoms with Crippen molar-refractivity contribution in [2.45, 2.75) is 27.7 Å². The molecule has 0 aromatic rings. The summed E-state index contributed by atoms with van der Waals surface area (Å²) in [6.45, 7) is 7.43. The predicted molar refractivity (Wildman–Crippen MR) is 50.5 cm³/mol. The van der Waals surface area contributed by atoms with E-state index in [0.717, 1.165) is 5.71 Å². The van der Waals surface area contributed by atoms with Crippen molar-refractivity contribution < 1.29 is 14.4 Å². The highest BCUT2D eigenvalue weighted by molar-refractivity contribution is 5.87. The summed E-state index contributed by atoms with van der Waals surface area (Å²) in [6, 6.07) is 0. The molecule has 0 fully saturated rings. The van der Waals surface area contributed by atoms with Crippen LogP contribution in [-0.2, 0) is 14.4 Å². The smallest absolute Gasteiger partial charge is 0.302 e. The number of hydrogen-bond donors (Lipinski definition) is 0. The standard InChI is InChI=1S/C9H17NO3/c1-7(10-12-5)9(3,4)6-13-8(2)11/h6H2,1-5H3/b10-7+. The fraction of sp³-hybridized carbons (Fsp3) is 0.778. The van der Waals surface area contributed by atoms with Crippen molar-refractivity contribution in [3.63, 3.8) is 0 Å². The second kappa shape index (κ2) is 4.84. The molecule has 13 heavy (non-hydrogen) atoms. The third kappa shape index (κ3) is 4.50. The molecule has 0 rings (SSSR count). The number of rotatable bonds is 4. The van der Waals surface area contributed by atoms with Crippen LogP contribution < -0.4 is 0 Å². The Hall–Kier alpha value is -1.06. The van der Waals surface area contributed by atoms with Gasteiger partial charge in [0.15, 0.2) is 0 Å². The van der Waals surface area contributed by atoms with Crippen LogP contribution in [0.2, 0.25) is 0 Å². The van der Waals surface area contributed by atoms with Gasteiger partial charge in [0.2, 0.25) is 0 Å². The molecule has 0 aromatic carbocycles. The van der Waals surface area contributed by atoms with Crippen molar-refractivity contribution >= 4 is 11.7 Å². The minimum absolute atomic E-state index is 0.276. The Bertz CT molecular complexity index is 209. The molecule has 0 saturated heterocycles. The summed E-state index contributed by atoms with van der Waals surface area (Å²) in [6.07, 6.45) is 0. The molecule has 0 bridgehead atoms. The lowest BCUT2D eigenvalue weighted by Gasteiger charge is -2.22. The van der Waals surface area contributed by atoms with E-state index < -0.39 is 0 Å². The van der Waals surface area contributed by atoms with Crippen LogP contribution in [0.25, 0.3) is 0 Å². The molecule has 0 amide bonds. The lowest BCUT2D eigenvalue weighted by atomic mass is 9.89. The first-order valence-corrected chi connectivity index (χ1v) is 4.11. The Morgan fingerprint density at radius 3 is 2.31 bits per heavy atom. The number of hydrogen-bond acceptors (Lipinski definition) is 4. The van der Waals surface area contributed by atoms with Crippen molar-refractivity contribution in [3.05, 3.63) is 0 Å². The van der Waals surface area contributed by atoms with Gasteiger partial charge in [0, 0.05) is 12.3 Å². The van der Waals surface area contributed by atoms with Crippen LogP contribution >= 0.6 is 0 Å². The van der Waals surface area contributed by atoms with Gasteiger partial charge >= 0.3 is 5.97 Å². The van der Waals surface area contributed by atoms with Gasteiger partial charge < -0.3 is 9.57 Å². The summed E-state index contributed by atoms with van der Waals surface area (Å²) in [5, 5.41) is 3.80. The topological polar surface area (TPSA) is 47.9 Å². The third-order valence-corrected chi connectivity index (χ3v) is 1.84. The van der Waals surface area contributed by atoms with Gasteiger partial charge in [0.05, 0.1) is 5.71 Å². The van der Waals surface area contributed by atoms with Crippen molar-refractivity contribution in [1.82, 2.24) is 0 Å². The van der Waals surface area contributed by atoms with E-state index in [2.05, 4.69) is 9.99 Å². The Morgan fingerprint density at radius 2 is 1.92 bits per heavy atom. The summed E-state index contributed by atoms with van der Waals surface area (Å²) in [5.74, 6) is -0.279. The molecular weight excluding hydrogens is 170 g/mol. The van der Waals surface area contributed by atoms with Crippen LogP contribution in [0.1, 0.15) is 27.7 Å². The van der Waals surface area contributed by atoms with Gasteiger partial charge in [-0.1, -0.05) is 19.0 Å². The van der Waals surface area contributed by atoms with E-state index in [-0.39, 0.29) is 11.4 Å². The van der Waals surface area contributed by atoms with Crippen molar-refractivity contribution in [2.75, 3.05) is 13.7 Å². The summed E-state index contributed by atoms with van der Waals surface area (Å²) < 4.78 is 4.90. The highest BCUT2D eigenvalue weighted by atomic mass is 16.6. The van der Waals surface area contributed by atoms with E-state index in [9.17, 15) is 4.79 Å². The van der Waals surface area contributed by atoms with Crippen molar-refractivity contribution in [2.24, 2.45) is 10.6 Å². The normalized spacial score (nSPS) is 12.5. The van der Waals surface area contributed by atoms with Gasteiger partial charge in [-0.15, -0.1) is 0 Å². The first-order valence-electron chi connectivity index (χ1n) is 4.11. The van der Waals surface area contributed by atoms with Crippen LogP contribution in [0.15, 0.2) is 5.16 Å². The molecule has 0 saturated carbocycles. The highest BCUT2D eigenvalue weighted by Crippen LogP contribution is 2.18. The van der Waals surface area contributed by atoms with Crippen molar-refractivity contribution in [1.29, 1.82) is 0 Å². The first kappa shape index (κ1) is 11.9. The quantitative estimate of drug-likeness (QED) is 0.381. The zero-order valence-electron chi connectivity index (χ0n) is 8.88. The molecule has 0 spiro atoms. The second-order valence-corrected chi connectivity index (χ2v) is 3.52. The largest absolute Gasteiger partial charge is 0.465 e. The summed E-state index contributed by atoms with van der Waals surface area (Å²) in [4.78, 5) is 15.2. The van der Waals surface area contributed by atoms with Gasteiger partial charge in [-0.2, -0.15) is 0 Å². The monoisotopic (exact) mass is 187 g/mol. The van der Waals surface area contributed by atoms with E-state index >= 15 is 0 Å². The number of oxime groups is 1.